The van der Waals surface area contributed by atoms with E-state index >= 15 is 0 Å². The summed E-state index contributed by atoms with van der Waals surface area (Å²) in [7, 11) is 0. The third-order valence-electron chi connectivity index (χ3n) is 3.85. The van der Waals surface area contributed by atoms with Crippen molar-refractivity contribution < 1.29 is 4.79 Å². The Labute approximate surface area is 159 Å². The summed E-state index contributed by atoms with van der Waals surface area (Å²) in [5.41, 5.74) is 3.42. The molecule has 1 aromatic carbocycles. The van der Waals surface area contributed by atoms with Crippen molar-refractivity contribution in [3.8, 4) is 0 Å². The molecule has 0 aliphatic carbocycles. The summed E-state index contributed by atoms with van der Waals surface area (Å²) in [5.74, 6) is 0.196. The second-order valence-corrected chi connectivity index (χ2v) is 7.01. The number of carbonyl (C=O) groups excluding carboxylic acids is 1. The van der Waals surface area contributed by atoms with E-state index in [0.29, 0.717) is 25.5 Å². The summed E-state index contributed by atoms with van der Waals surface area (Å²) in [6, 6.07) is 8.24. The summed E-state index contributed by atoms with van der Waals surface area (Å²) < 4.78 is 4.62. The van der Waals surface area contributed by atoms with Crippen molar-refractivity contribution in [2.24, 2.45) is 0 Å². The molecule has 0 atom stereocenters. The van der Waals surface area contributed by atoms with E-state index in [1.807, 2.05) is 11.6 Å². The topological polar surface area (TPSA) is 77.6 Å². The minimum atomic E-state index is -0.127. The first kappa shape index (κ1) is 17.6. The number of anilines is 1. The van der Waals surface area contributed by atoms with Gasteiger partial charge in [0.05, 0.1) is 22.9 Å². The first-order valence-electron chi connectivity index (χ1n) is 7.94. The lowest BCUT2D eigenvalue weighted by atomic mass is 10.1. The first-order valence-corrected chi connectivity index (χ1v) is 9.02. The van der Waals surface area contributed by atoms with Crippen LogP contribution in [0, 0.1) is 17.4 Å². The van der Waals surface area contributed by atoms with Crippen molar-refractivity contribution in [1.82, 2.24) is 24.5 Å². The molecule has 0 spiro atoms. The smallest absolute Gasteiger partial charge is 0.248 e. The van der Waals surface area contributed by atoms with E-state index in [-0.39, 0.29) is 5.91 Å². The molecule has 3 aromatic rings. The van der Waals surface area contributed by atoms with Gasteiger partial charge in [-0.25, -0.2) is 9.67 Å². The lowest BCUT2D eigenvalue weighted by molar-refractivity contribution is -0.116. The number of hydrogen-bond donors (Lipinski definition) is 1. The molecule has 0 aliphatic heterocycles. The Morgan fingerprint density at radius 3 is 2.68 bits per heavy atom. The Bertz CT molecular complexity index is 868. The van der Waals surface area contributed by atoms with Crippen molar-refractivity contribution >= 4 is 34.4 Å². The molecule has 0 radical (unpaired) electrons. The van der Waals surface area contributed by atoms with Crippen LogP contribution in [-0.2, 0) is 17.9 Å². The highest BCUT2D eigenvalue weighted by Crippen LogP contribution is 2.10. The minimum Gasteiger partial charge on any atom is -0.293 e. The molecule has 130 valence electrons. The van der Waals surface area contributed by atoms with E-state index in [2.05, 4.69) is 74.3 Å². The number of aryl methyl sites for hydroxylation is 2. The van der Waals surface area contributed by atoms with Crippen molar-refractivity contribution in [1.29, 1.82) is 0 Å². The largest absolute Gasteiger partial charge is 0.293 e. The molecule has 0 aliphatic rings. The van der Waals surface area contributed by atoms with Crippen molar-refractivity contribution in [2.45, 2.75) is 33.4 Å². The third kappa shape index (κ3) is 4.65. The van der Waals surface area contributed by atoms with E-state index in [1.165, 1.54) is 5.56 Å². The van der Waals surface area contributed by atoms with Crippen molar-refractivity contribution in [3.05, 3.63) is 57.2 Å². The molecule has 3 rings (SSSR count). The number of nitrogens with one attached hydrogen (secondary N) is 1. The molecule has 0 fully saturated rings. The fourth-order valence-corrected chi connectivity index (χ4v) is 2.76. The number of amides is 1. The van der Waals surface area contributed by atoms with Crippen LogP contribution in [0.3, 0.4) is 0 Å². The van der Waals surface area contributed by atoms with Gasteiger partial charge in [-0.15, -0.1) is 5.10 Å². The Morgan fingerprint density at radius 2 is 2.00 bits per heavy atom. The van der Waals surface area contributed by atoms with Gasteiger partial charge in [0.25, 0.3) is 0 Å². The van der Waals surface area contributed by atoms with Crippen LogP contribution in [-0.4, -0.2) is 30.5 Å². The quantitative estimate of drug-likeness (QED) is 0.586. The summed E-state index contributed by atoms with van der Waals surface area (Å²) in [4.78, 5) is 16.2. The van der Waals surface area contributed by atoms with Crippen LogP contribution >= 0.6 is 22.6 Å². The Hall–Kier alpha value is -2.23. The lowest BCUT2D eigenvalue weighted by Gasteiger charge is -2.04. The summed E-state index contributed by atoms with van der Waals surface area (Å²) >= 11 is 2.23. The fourth-order valence-electron chi connectivity index (χ4n) is 2.35. The molecule has 1 amide bonds. The summed E-state index contributed by atoms with van der Waals surface area (Å²) in [5, 5.41) is 11.3. The molecule has 25 heavy (non-hydrogen) atoms. The van der Waals surface area contributed by atoms with Crippen LogP contribution in [0.5, 0.6) is 0 Å². The highest BCUT2D eigenvalue weighted by Gasteiger charge is 2.09. The zero-order chi connectivity index (χ0) is 17.8. The summed E-state index contributed by atoms with van der Waals surface area (Å²) in [6.45, 7) is 5.19. The van der Waals surface area contributed by atoms with Gasteiger partial charge in [-0.1, -0.05) is 29.8 Å². The lowest BCUT2D eigenvalue weighted by Crippen LogP contribution is -2.16. The van der Waals surface area contributed by atoms with Gasteiger partial charge in [0.2, 0.25) is 11.9 Å². The van der Waals surface area contributed by atoms with Crippen molar-refractivity contribution in [3.63, 3.8) is 0 Å². The van der Waals surface area contributed by atoms with Gasteiger partial charge in [-0.2, -0.15) is 5.10 Å². The van der Waals surface area contributed by atoms with Crippen LogP contribution in [0.25, 0.3) is 0 Å². The maximum atomic E-state index is 12.1. The van der Waals surface area contributed by atoms with Crippen molar-refractivity contribution in [2.75, 3.05) is 5.32 Å². The Kier molecular flexibility index (Phi) is 5.47. The van der Waals surface area contributed by atoms with Gasteiger partial charge in [-0.3, -0.25) is 14.8 Å². The molecule has 0 saturated heterocycles. The molecule has 1 N–H and O–H groups in total. The zero-order valence-corrected chi connectivity index (χ0v) is 16.3. The third-order valence-corrected chi connectivity index (χ3v) is 4.91. The highest BCUT2D eigenvalue weighted by molar-refractivity contribution is 14.1. The second kappa shape index (κ2) is 7.77. The number of carbonyl (C=O) groups is 1. The predicted octanol–water partition coefficient (Wildman–Crippen LogP) is 2.77. The molecule has 0 saturated carbocycles. The zero-order valence-electron chi connectivity index (χ0n) is 14.1. The fraction of sp³-hybridized carbons (Fsp3) is 0.294. The standard InChI is InChI=1S/C17H19IN6O/c1-12-3-5-14(6-4-12)10-23-11-19-17(22-23)21-16(25)7-8-24-13(2)15(18)9-20-24/h3-6,9,11H,7-8,10H2,1-2H3,(H,21,22,25). The Morgan fingerprint density at radius 1 is 1.24 bits per heavy atom. The van der Waals surface area contributed by atoms with E-state index in [1.54, 1.807) is 17.2 Å². The van der Waals surface area contributed by atoms with Crippen LogP contribution in [0.15, 0.2) is 36.8 Å². The van der Waals surface area contributed by atoms with Gasteiger partial charge < -0.3 is 0 Å². The highest BCUT2D eigenvalue weighted by atomic mass is 127. The monoisotopic (exact) mass is 450 g/mol. The predicted molar refractivity (Wildman–Crippen MR) is 103 cm³/mol. The van der Waals surface area contributed by atoms with Gasteiger partial charge in [-0.05, 0) is 42.0 Å². The molecule has 0 unspecified atom stereocenters. The average molecular weight is 450 g/mol. The van der Waals surface area contributed by atoms with Crippen LogP contribution < -0.4 is 5.32 Å². The molecular weight excluding hydrogens is 431 g/mol. The molecular formula is C17H19IN6O. The van der Waals surface area contributed by atoms with Crippen LogP contribution in [0.4, 0.5) is 5.95 Å². The van der Waals surface area contributed by atoms with Gasteiger partial charge >= 0.3 is 0 Å². The maximum Gasteiger partial charge on any atom is 0.248 e. The van der Waals surface area contributed by atoms with Crippen LogP contribution in [0.1, 0.15) is 23.2 Å². The maximum absolute atomic E-state index is 12.1. The molecule has 0 bridgehead atoms. The van der Waals surface area contributed by atoms with Gasteiger partial charge in [0.1, 0.15) is 6.33 Å². The van der Waals surface area contributed by atoms with E-state index in [9.17, 15) is 4.79 Å². The molecule has 2 heterocycles. The van der Waals surface area contributed by atoms with Gasteiger partial charge in [0, 0.05) is 12.1 Å². The van der Waals surface area contributed by atoms with E-state index < -0.39 is 0 Å². The summed E-state index contributed by atoms with van der Waals surface area (Å²) in [6.07, 6.45) is 3.74. The number of benzene rings is 1. The molecule has 8 heteroatoms. The van der Waals surface area contributed by atoms with E-state index in [4.69, 9.17) is 0 Å². The molecule has 7 nitrogen and oxygen atoms in total. The minimum absolute atomic E-state index is 0.127. The number of nitrogens with zero attached hydrogens (tertiary/aromatic N) is 5. The second-order valence-electron chi connectivity index (χ2n) is 5.85. The normalized spacial score (nSPS) is 10.8. The average Bonchev–Trinajstić information content (AvgIpc) is 3.15. The molecule has 2 aromatic heterocycles. The number of aromatic nitrogens is 5. The number of rotatable bonds is 6. The SMILES string of the molecule is Cc1ccc(Cn2cnc(NC(=O)CCn3ncc(I)c3C)n2)cc1. The van der Waals surface area contributed by atoms with E-state index in [0.717, 1.165) is 14.8 Å². The number of hydrogen-bond acceptors (Lipinski definition) is 4. The van der Waals surface area contributed by atoms with Crippen LogP contribution in [0.2, 0.25) is 0 Å². The first-order chi connectivity index (χ1) is 12.0. The number of halogens is 1. The Balaban J connectivity index is 1.53. The van der Waals surface area contributed by atoms with Gasteiger partial charge in [0.15, 0.2) is 0 Å².